The number of benzene rings is 1. The van der Waals surface area contributed by atoms with Gasteiger partial charge >= 0.3 is 0 Å². The lowest BCUT2D eigenvalue weighted by molar-refractivity contribution is -0.111. The first-order valence-corrected chi connectivity index (χ1v) is 6.06. The van der Waals surface area contributed by atoms with Crippen LogP contribution in [-0.2, 0) is 11.2 Å². The minimum Gasteiger partial charge on any atom is -0.281 e. The molecule has 0 fully saturated rings. The zero-order valence-electron chi connectivity index (χ0n) is 9.34. The minimum atomic E-state index is -0.356. The van der Waals surface area contributed by atoms with Gasteiger partial charge in [-0.1, -0.05) is 23.2 Å². The molecule has 0 aliphatic carbocycles. The molecule has 0 radical (unpaired) electrons. The summed E-state index contributed by atoms with van der Waals surface area (Å²) < 4.78 is 0. The van der Waals surface area contributed by atoms with Crippen LogP contribution in [0.2, 0.25) is 5.15 Å². The zero-order chi connectivity index (χ0) is 12.4. The van der Waals surface area contributed by atoms with Crippen LogP contribution < -0.4 is 0 Å². The Bertz CT molecular complexity index is 581. The van der Waals surface area contributed by atoms with Gasteiger partial charge in [0.1, 0.15) is 5.15 Å². The highest BCUT2D eigenvalue weighted by Gasteiger charge is 2.07. The number of carbonyl (C=O) groups excluding carboxylic acids is 1. The molecule has 4 heteroatoms. The SMILES string of the molecule is Cc1ccc2nc(Cl)c(CCC(=O)Cl)cc2c1. The second kappa shape index (κ2) is 5.03. The van der Waals surface area contributed by atoms with Crippen LogP contribution in [-0.4, -0.2) is 10.2 Å². The Morgan fingerprint density at radius 2 is 2.12 bits per heavy atom. The van der Waals surface area contributed by atoms with Gasteiger partial charge in [-0.15, -0.1) is 0 Å². The summed E-state index contributed by atoms with van der Waals surface area (Å²) in [5.74, 6) is 0. The molecule has 1 heterocycles. The fourth-order valence-corrected chi connectivity index (χ4v) is 2.06. The monoisotopic (exact) mass is 267 g/mol. The molecule has 0 bridgehead atoms. The molecule has 17 heavy (non-hydrogen) atoms. The van der Waals surface area contributed by atoms with Crippen LogP contribution in [0, 0.1) is 6.92 Å². The van der Waals surface area contributed by atoms with Crippen LogP contribution in [0.5, 0.6) is 0 Å². The number of hydrogen-bond acceptors (Lipinski definition) is 2. The smallest absolute Gasteiger partial charge is 0.221 e. The van der Waals surface area contributed by atoms with E-state index in [-0.39, 0.29) is 11.7 Å². The van der Waals surface area contributed by atoms with Crippen molar-refractivity contribution in [2.24, 2.45) is 0 Å². The number of carbonyl (C=O) groups is 1. The van der Waals surface area contributed by atoms with Crippen LogP contribution in [0.3, 0.4) is 0 Å². The molecule has 0 atom stereocenters. The quantitative estimate of drug-likeness (QED) is 0.624. The predicted octanol–water partition coefficient (Wildman–Crippen LogP) is 3.89. The van der Waals surface area contributed by atoms with Crippen LogP contribution in [0.15, 0.2) is 24.3 Å². The summed E-state index contributed by atoms with van der Waals surface area (Å²) in [7, 11) is 0. The van der Waals surface area contributed by atoms with E-state index in [4.69, 9.17) is 23.2 Å². The molecule has 2 aromatic rings. The van der Waals surface area contributed by atoms with Crippen LogP contribution >= 0.6 is 23.2 Å². The second-order valence-electron chi connectivity index (χ2n) is 3.99. The number of pyridine rings is 1. The van der Waals surface area contributed by atoms with Crippen LogP contribution in [0.4, 0.5) is 0 Å². The summed E-state index contributed by atoms with van der Waals surface area (Å²) in [5.41, 5.74) is 2.89. The van der Waals surface area contributed by atoms with Gasteiger partial charge < -0.3 is 0 Å². The number of halogens is 2. The summed E-state index contributed by atoms with van der Waals surface area (Å²) >= 11 is 11.4. The van der Waals surface area contributed by atoms with Gasteiger partial charge in [-0.25, -0.2) is 4.98 Å². The molecule has 0 spiro atoms. The molecule has 0 aliphatic rings. The minimum absolute atomic E-state index is 0.278. The van der Waals surface area contributed by atoms with Crippen molar-refractivity contribution < 1.29 is 4.79 Å². The maximum atomic E-state index is 10.7. The highest BCUT2D eigenvalue weighted by molar-refractivity contribution is 6.63. The van der Waals surface area contributed by atoms with Crippen LogP contribution in [0.25, 0.3) is 10.9 Å². The van der Waals surface area contributed by atoms with Crippen molar-refractivity contribution in [1.82, 2.24) is 4.98 Å². The van der Waals surface area contributed by atoms with Crippen molar-refractivity contribution in [3.63, 3.8) is 0 Å². The lowest BCUT2D eigenvalue weighted by atomic mass is 10.1. The second-order valence-corrected chi connectivity index (χ2v) is 4.77. The first kappa shape index (κ1) is 12.3. The average molecular weight is 268 g/mol. The largest absolute Gasteiger partial charge is 0.281 e. The Morgan fingerprint density at radius 3 is 2.82 bits per heavy atom. The van der Waals surface area contributed by atoms with Crippen molar-refractivity contribution >= 4 is 39.3 Å². The van der Waals surface area contributed by atoms with E-state index < -0.39 is 0 Å². The Balaban J connectivity index is 2.42. The zero-order valence-corrected chi connectivity index (χ0v) is 10.8. The van der Waals surface area contributed by atoms with Gasteiger partial charge in [-0.05, 0) is 48.7 Å². The van der Waals surface area contributed by atoms with Gasteiger partial charge in [0, 0.05) is 11.8 Å². The highest BCUT2D eigenvalue weighted by atomic mass is 35.5. The van der Waals surface area contributed by atoms with Gasteiger partial charge in [-0.2, -0.15) is 0 Å². The Kier molecular flexibility index (Phi) is 3.65. The molecule has 2 nitrogen and oxygen atoms in total. The van der Waals surface area contributed by atoms with Crippen molar-refractivity contribution in [3.05, 3.63) is 40.5 Å². The molecule has 0 aliphatic heterocycles. The Hall–Kier alpha value is -1.12. The van der Waals surface area contributed by atoms with Gasteiger partial charge in [0.05, 0.1) is 5.52 Å². The lowest BCUT2D eigenvalue weighted by Gasteiger charge is -2.05. The van der Waals surface area contributed by atoms with Gasteiger partial charge in [0.15, 0.2) is 0 Å². The molecule has 88 valence electrons. The summed E-state index contributed by atoms with van der Waals surface area (Å²) in [5, 5.41) is 1.12. The highest BCUT2D eigenvalue weighted by Crippen LogP contribution is 2.22. The number of aryl methyl sites for hydroxylation is 2. The number of fused-ring (bicyclic) bond motifs is 1. The molecule has 1 aromatic heterocycles. The summed E-state index contributed by atoms with van der Waals surface area (Å²) in [4.78, 5) is 15.1. The molecule has 0 N–H and O–H groups in total. The average Bonchev–Trinajstić information content (AvgIpc) is 2.26. The third-order valence-electron chi connectivity index (χ3n) is 2.59. The van der Waals surface area contributed by atoms with E-state index in [0.29, 0.717) is 11.6 Å². The molecule has 0 saturated carbocycles. The van der Waals surface area contributed by atoms with Gasteiger partial charge in [-0.3, -0.25) is 4.79 Å². The van der Waals surface area contributed by atoms with Crippen LogP contribution in [0.1, 0.15) is 17.5 Å². The predicted molar refractivity (Wildman–Crippen MR) is 70.7 cm³/mol. The topological polar surface area (TPSA) is 30.0 Å². The fraction of sp³-hybridized carbons (Fsp3) is 0.231. The van der Waals surface area contributed by atoms with Crippen molar-refractivity contribution in [1.29, 1.82) is 0 Å². The maximum Gasteiger partial charge on any atom is 0.221 e. The van der Waals surface area contributed by atoms with E-state index in [1.807, 2.05) is 31.2 Å². The van der Waals surface area contributed by atoms with E-state index in [9.17, 15) is 4.79 Å². The van der Waals surface area contributed by atoms with E-state index in [2.05, 4.69) is 4.98 Å². The summed E-state index contributed by atoms with van der Waals surface area (Å²) in [6.45, 7) is 2.02. The Morgan fingerprint density at radius 1 is 1.35 bits per heavy atom. The molecule has 0 saturated heterocycles. The molecule has 1 aromatic carbocycles. The number of rotatable bonds is 3. The van der Waals surface area contributed by atoms with E-state index in [0.717, 1.165) is 16.5 Å². The molecular weight excluding hydrogens is 257 g/mol. The van der Waals surface area contributed by atoms with Crippen molar-refractivity contribution in [3.8, 4) is 0 Å². The maximum absolute atomic E-state index is 10.7. The van der Waals surface area contributed by atoms with Crippen molar-refractivity contribution in [2.75, 3.05) is 0 Å². The van der Waals surface area contributed by atoms with E-state index in [1.54, 1.807) is 0 Å². The fourth-order valence-electron chi connectivity index (χ4n) is 1.72. The van der Waals surface area contributed by atoms with Crippen molar-refractivity contribution in [2.45, 2.75) is 19.8 Å². The lowest BCUT2D eigenvalue weighted by Crippen LogP contribution is -1.95. The summed E-state index contributed by atoms with van der Waals surface area (Å²) in [6.07, 6.45) is 0.804. The standard InChI is InChI=1S/C13H11Cl2NO/c1-8-2-4-11-10(6-8)7-9(13(15)16-11)3-5-12(14)17/h2,4,6-7H,3,5H2,1H3. The molecule has 0 unspecified atom stereocenters. The third-order valence-corrected chi connectivity index (χ3v) is 3.10. The molecular formula is C13H11Cl2NO. The Labute approximate surface area is 110 Å². The molecule has 2 rings (SSSR count). The van der Waals surface area contributed by atoms with Gasteiger partial charge in [0.2, 0.25) is 5.24 Å². The third kappa shape index (κ3) is 2.96. The van der Waals surface area contributed by atoms with Gasteiger partial charge in [0.25, 0.3) is 0 Å². The first-order chi connectivity index (χ1) is 8.06. The number of hydrogen-bond donors (Lipinski definition) is 0. The number of aromatic nitrogens is 1. The van der Waals surface area contributed by atoms with E-state index in [1.165, 1.54) is 5.56 Å². The van der Waals surface area contributed by atoms with E-state index >= 15 is 0 Å². The molecule has 0 amide bonds. The normalized spacial score (nSPS) is 10.8. The number of nitrogens with zero attached hydrogens (tertiary/aromatic N) is 1. The summed E-state index contributed by atoms with van der Waals surface area (Å²) in [6, 6.07) is 7.95. The first-order valence-electron chi connectivity index (χ1n) is 5.30.